The van der Waals surface area contributed by atoms with Gasteiger partial charge in [-0.1, -0.05) is 12.1 Å². The van der Waals surface area contributed by atoms with E-state index in [1.165, 1.54) is 16.2 Å². The van der Waals surface area contributed by atoms with Crippen LogP contribution in [0.15, 0.2) is 42.0 Å². The fourth-order valence-electron chi connectivity index (χ4n) is 5.11. The molecule has 2 heterocycles. The highest BCUT2D eigenvalue weighted by atomic mass is 32.1. The number of likely N-dealkylation sites (N-methyl/N-ethyl adjacent to an activating group) is 1. The van der Waals surface area contributed by atoms with Gasteiger partial charge in [0.1, 0.15) is 5.57 Å². The molecule has 2 aromatic rings. The molecule has 0 aliphatic carbocycles. The van der Waals surface area contributed by atoms with Crippen molar-refractivity contribution in [2.24, 2.45) is 0 Å². The van der Waals surface area contributed by atoms with E-state index >= 15 is 0 Å². The summed E-state index contributed by atoms with van der Waals surface area (Å²) in [5, 5.41) is 2.79. The monoisotopic (exact) mass is 473 g/mol. The van der Waals surface area contributed by atoms with E-state index in [0.29, 0.717) is 5.69 Å². The number of carbonyl (C=O) groups excluding carboxylic acids is 2. The number of thiocarbonyl (C=S) groups is 1. The normalized spacial score (nSPS) is 18.7. The fraction of sp³-hybridized carbons (Fsp3) is 0.321. The highest BCUT2D eigenvalue weighted by Gasteiger charge is 2.35. The van der Waals surface area contributed by atoms with Crippen LogP contribution in [-0.4, -0.2) is 29.0 Å². The summed E-state index contributed by atoms with van der Waals surface area (Å²) in [6, 6.07) is 10.1. The van der Waals surface area contributed by atoms with Gasteiger partial charge in [0.25, 0.3) is 11.8 Å². The third-order valence-corrected chi connectivity index (χ3v) is 6.83. The number of rotatable bonds is 3. The van der Waals surface area contributed by atoms with Crippen molar-refractivity contribution in [2.75, 3.05) is 16.3 Å². The summed E-state index contributed by atoms with van der Waals surface area (Å²) in [6.45, 7) is 15.5. The van der Waals surface area contributed by atoms with E-state index in [4.69, 9.17) is 12.2 Å². The minimum atomic E-state index is -0.476. The molecule has 4 rings (SSSR count). The van der Waals surface area contributed by atoms with Crippen LogP contribution in [0.3, 0.4) is 0 Å². The molecular weight excluding hydrogens is 442 g/mol. The molecule has 1 fully saturated rings. The Bertz CT molecular complexity index is 1280. The Morgan fingerprint density at radius 2 is 1.65 bits per heavy atom. The van der Waals surface area contributed by atoms with Crippen molar-refractivity contribution < 1.29 is 9.59 Å². The molecule has 2 aliphatic heterocycles. The van der Waals surface area contributed by atoms with Crippen molar-refractivity contribution in [1.82, 2.24) is 5.32 Å². The molecule has 0 unspecified atom stereocenters. The Balaban J connectivity index is 1.81. The number of aryl methyl sites for hydroxylation is 3. The van der Waals surface area contributed by atoms with Crippen LogP contribution in [0.5, 0.6) is 0 Å². The number of fused-ring (bicyclic) bond motifs is 1. The average Bonchev–Trinajstić information content (AvgIpc) is 2.70. The van der Waals surface area contributed by atoms with Gasteiger partial charge in [-0.3, -0.25) is 19.8 Å². The summed E-state index contributed by atoms with van der Waals surface area (Å²) in [4.78, 5) is 30.1. The molecule has 2 aromatic carbocycles. The first kappa shape index (κ1) is 23.9. The van der Waals surface area contributed by atoms with E-state index in [0.717, 1.165) is 34.4 Å². The number of amides is 2. The van der Waals surface area contributed by atoms with Gasteiger partial charge in [-0.05, 0) is 119 Å². The Morgan fingerprint density at radius 1 is 1.00 bits per heavy atom. The van der Waals surface area contributed by atoms with Crippen LogP contribution in [-0.2, 0) is 9.59 Å². The van der Waals surface area contributed by atoms with E-state index in [1.807, 2.05) is 39.0 Å². The van der Waals surface area contributed by atoms with Gasteiger partial charge < -0.3 is 4.90 Å². The van der Waals surface area contributed by atoms with Crippen LogP contribution in [0, 0.1) is 20.8 Å². The predicted molar refractivity (Wildman–Crippen MR) is 144 cm³/mol. The molecule has 1 N–H and O–H groups in total. The number of carbonyl (C=O) groups is 2. The van der Waals surface area contributed by atoms with Gasteiger partial charge in [0.05, 0.1) is 11.2 Å². The summed E-state index contributed by atoms with van der Waals surface area (Å²) in [6.07, 6.45) is 3.96. The number of benzene rings is 2. The van der Waals surface area contributed by atoms with Crippen molar-refractivity contribution in [3.05, 3.63) is 69.8 Å². The number of hydrogen-bond donors (Lipinski definition) is 1. The van der Waals surface area contributed by atoms with Crippen molar-refractivity contribution in [2.45, 2.75) is 54.0 Å². The number of nitrogens with zero attached hydrogens (tertiary/aromatic N) is 2. The van der Waals surface area contributed by atoms with E-state index in [1.54, 1.807) is 6.08 Å². The summed E-state index contributed by atoms with van der Waals surface area (Å²) in [5.41, 5.74) is 7.99. The predicted octanol–water partition coefficient (Wildman–Crippen LogP) is 5.46. The molecule has 0 aromatic heterocycles. The Labute approximate surface area is 207 Å². The summed E-state index contributed by atoms with van der Waals surface area (Å²) in [7, 11) is 0. The van der Waals surface area contributed by atoms with Gasteiger partial charge in [0.15, 0.2) is 5.11 Å². The SMILES string of the molecule is CCN1c2cc(C)c(/C=C3/C(=O)NC(=S)N(c4cc(C)cc(C)c4)C3=O)cc2C(C)=CC1(C)C. The molecule has 176 valence electrons. The summed E-state index contributed by atoms with van der Waals surface area (Å²) in [5.74, 6) is -0.893. The number of nitrogens with one attached hydrogen (secondary N) is 1. The summed E-state index contributed by atoms with van der Waals surface area (Å²) >= 11 is 5.37. The van der Waals surface area contributed by atoms with E-state index in [2.05, 4.69) is 56.1 Å². The van der Waals surface area contributed by atoms with Crippen molar-refractivity contribution >= 4 is 52.2 Å². The van der Waals surface area contributed by atoms with Gasteiger partial charge >= 0.3 is 0 Å². The molecule has 0 bridgehead atoms. The Hall–Kier alpha value is -3.25. The Kier molecular flexibility index (Phi) is 5.98. The molecule has 0 radical (unpaired) electrons. The molecule has 2 amide bonds. The highest BCUT2D eigenvalue weighted by Crippen LogP contribution is 2.40. The third kappa shape index (κ3) is 4.07. The highest BCUT2D eigenvalue weighted by molar-refractivity contribution is 7.80. The molecule has 0 spiro atoms. The largest absolute Gasteiger partial charge is 0.363 e. The molecule has 1 saturated heterocycles. The van der Waals surface area contributed by atoms with Gasteiger partial charge in [-0.2, -0.15) is 0 Å². The lowest BCUT2D eigenvalue weighted by Crippen LogP contribution is -2.54. The maximum absolute atomic E-state index is 13.5. The van der Waals surface area contributed by atoms with Crippen LogP contribution in [0.2, 0.25) is 0 Å². The minimum Gasteiger partial charge on any atom is -0.363 e. The second-order valence-corrected chi connectivity index (χ2v) is 10.1. The molecule has 5 nitrogen and oxygen atoms in total. The molecule has 2 aliphatic rings. The van der Waals surface area contributed by atoms with Crippen LogP contribution in [0.1, 0.15) is 55.5 Å². The maximum Gasteiger partial charge on any atom is 0.270 e. The quantitative estimate of drug-likeness (QED) is 0.365. The van der Waals surface area contributed by atoms with Crippen molar-refractivity contribution in [3.8, 4) is 0 Å². The molecule has 6 heteroatoms. The van der Waals surface area contributed by atoms with E-state index < -0.39 is 11.8 Å². The number of hydrogen-bond acceptors (Lipinski definition) is 4. The van der Waals surface area contributed by atoms with Crippen LogP contribution in [0.25, 0.3) is 11.6 Å². The zero-order valence-electron chi connectivity index (χ0n) is 20.9. The topological polar surface area (TPSA) is 52.7 Å². The first-order valence-electron chi connectivity index (χ1n) is 11.5. The smallest absolute Gasteiger partial charge is 0.270 e. The lowest BCUT2D eigenvalue weighted by atomic mass is 9.86. The van der Waals surface area contributed by atoms with Crippen molar-refractivity contribution in [3.63, 3.8) is 0 Å². The van der Waals surface area contributed by atoms with Crippen molar-refractivity contribution in [1.29, 1.82) is 0 Å². The van der Waals surface area contributed by atoms with Gasteiger partial charge in [-0.15, -0.1) is 0 Å². The number of anilines is 2. The summed E-state index contributed by atoms with van der Waals surface area (Å²) < 4.78 is 0. The molecular formula is C28H31N3O2S. The minimum absolute atomic E-state index is 0.0703. The second-order valence-electron chi connectivity index (χ2n) is 9.75. The standard InChI is InChI=1S/C28H31N3O2S/c1-8-30-24-12-18(4)20(13-22(24)19(5)15-28(30,6)7)14-23-25(32)29-27(34)31(26(23)33)21-10-16(2)9-17(3)11-21/h9-15H,8H2,1-7H3,(H,29,32,34)/b23-14-. The van der Waals surface area contributed by atoms with Crippen LogP contribution >= 0.6 is 12.2 Å². The lowest BCUT2D eigenvalue weighted by Gasteiger charge is -2.43. The third-order valence-electron chi connectivity index (χ3n) is 6.55. The molecule has 34 heavy (non-hydrogen) atoms. The molecule has 0 saturated carbocycles. The first-order chi connectivity index (χ1) is 15.9. The molecule has 0 atom stereocenters. The van der Waals surface area contributed by atoms with Gasteiger partial charge in [0, 0.05) is 17.8 Å². The maximum atomic E-state index is 13.5. The van der Waals surface area contributed by atoms with Crippen LogP contribution in [0.4, 0.5) is 11.4 Å². The zero-order chi connectivity index (χ0) is 24.9. The lowest BCUT2D eigenvalue weighted by molar-refractivity contribution is -0.122. The zero-order valence-corrected chi connectivity index (χ0v) is 21.7. The second kappa shape index (κ2) is 8.51. The van der Waals surface area contributed by atoms with Gasteiger partial charge in [-0.25, -0.2) is 0 Å². The fourth-order valence-corrected chi connectivity index (χ4v) is 5.39. The van der Waals surface area contributed by atoms with E-state index in [-0.39, 0.29) is 16.2 Å². The average molecular weight is 474 g/mol. The van der Waals surface area contributed by atoms with Gasteiger partial charge in [0.2, 0.25) is 0 Å². The Morgan fingerprint density at radius 3 is 2.26 bits per heavy atom. The van der Waals surface area contributed by atoms with Crippen LogP contribution < -0.4 is 15.1 Å². The number of allylic oxidation sites excluding steroid dienone is 1. The first-order valence-corrected chi connectivity index (χ1v) is 12.0. The van der Waals surface area contributed by atoms with E-state index in [9.17, 15) is 9.59 Å².